The fourth-order valence-corrected chi connectivity index (χ4v) is 3.93. The van der Waals surface area contributed by atoms with Crippen molar-refractivity contribution in [3.05, 3.63) is 15.8 Å². The Bertz CT molecular complexity index is 574. The van der Waals surface area contributed by atoms with Crippen LogP contribution < -0.4 is 4.72 Å². The average molecular weight is 307 g/mol. The van der Waals surface area contributed by atoms with E-state index < -0.39 is 21.4 Å². The summed E-state index contributed by atoms with van der Waals surface area (Å²) >= 11 is 0.920. The van der Waals surface area contributed by atoms with Gasteiger partial charge in [-0.25, -0.2) is 17.9 Å². The number of aromatic carboxylic acids is 1. The van der Waals surface area contributed by atoms with Crippen molar-refractivity contribution >= 4 is 27.3 Å². The zero-order valence-corrected chi connectivity index (χ0v) is 12.6. The highest BCUT2D eigenvalue weighted by Crippen LogP contribution is 2.26. The summed E-state index contributed by atoms with van der Waals surface area (Å²) in [5, 5.41) is 17.9. The molecule has 0 amide bonds. The number of aliphatic hydroxyl groups is 1. The van der Waals surface area contributed by atoms with Gasteiger partial charge in [0, 0.05) is 23.4 Å². The third kappa shape index (κ3) is 4.00. The summed E-state index contributed by atoms with van der Waals surface area (Å²) in [6.45, 7) is 4.92. The number of rotatable bonds is 6. The molecule has 1 heterocycles. The molecular formula is C11H17NO5S2. The van der Waals surface area contributed by atoms with E-state index in [1.165, 1.54) is 0 Å². The summed E-state index contributed by atoms with van der Waals surface area (Å²) in [6, 6.07) is 1.15. The fourth-order valence-electron chi connectivity index (χ4n) is 1.26. The maximum absolute atomic E-state index is 12.1. The van der Waals surface area contributed by atoms with E-state index >= 15 is 0 Å². The van der Waals surface area contributed by atoms with E-state index in [-0.39, 0.29) is 22.9 Å². The SMILES string of the molecule is Cc1sc(C(=O)O)cc1S(=O)(=O)NCC(C)(C)CO. The number of hydrogen-bond donors (Lipinski definition) is 3. The smallest absolute Gasteiger partial charge is 0.345 e. The van der Waals surface area contributed by atoms with Crippen LogP contribution in [0.2, 0.25) is 0 Å². The minimum Gasteiger partial charge on any atom is -0.477 e. The summed E-state index contributed by atoms with van der Waals surface area (Å²) in [4.78, 5) is 11.2. The molecule has 0 atom stereocenters. The normalized spacial score (nSPS) is 12.6. The molecule has 0 radical (unpaired) electrons. The fraction of sp³-hybridized carbons (Fsp3) is 0.545. The van der Waals surface area contributed by atoms with E-state index in [0.29, 0.717) is 4.88 Å². The minimum atomic E-state index is -3.76. The maximum atomic E-state index is 12.1. The second kappa shape index (κ2) is 5.58. The Morgan fingerprint density at radius 3 is 2.47 bits per heavy atom. The zero-order valence-electron chi connectivity index (χ0n) is 10.9. The van der Waals surface area contributed by atoms with Crippen LogP contribution in [0.1, 0.15) is 28.4 Å². The first-order valence-electron chi connectivity index (χ1n) is 5.53. The highest BCUT2D eigenvalue weighted by atomic mass is 32.2. The Morgan fingerprint density at radius 1 is 1.47 bits per heavy atom. The molecule has 0 aliphatic heterocycles. The van der Waals surface area contributed by atoms with Crippen molar-refractivity contribution < 1.29 is 23.4 Å². The van der Waals surface area contributed by atoms with Crippen molar-refractivity contribution in [3.63, 3.8) is 0 Å². The average Bonchev–Trinajstić information content (AvgIpc) is 2.70. The Balaban J connectivity index is 2.98. The molecule has 0 aliphatic carbocycles. The van der Waals surface area contributed by atoms with Crippen LogP contribution in [0.5, 0.6) is 0 Å². The number of carboxylic acids is 1. The lowest BCUT2D eigenvalue weighted by Crippen LogP contribution is -2.36. The second-order valence-electron chi connectivity index (χ2n) is 4.98. The number of sulfonamides is 1. The molecule has 1 aromatic rings. The van der Waals surface area contributed by atoms with Gasteiger partial charge >= 0.3 is 5.97 Å². The van der Waals surface area contributed by atoms with Gasteiger partial charge in [0.2, 0.25) is 10.0 Å². The summed E-state index contributed by atoms with van der Waals surface area (Å²) in [5.41, 5.74) is -0.577. The Morgan fingerprint density at radius 2 is 2.05 bits per heavy atom. The number of carboxylic acid groups (broad SMARTS) is 1. The number of aryl methyl sites for hydroxylation is 1. The standard InChI is InChI=1S/C11H17NO5S2/c1-7-9(4-8(18-7)10(14)15)19(16,17)12-5-11(2,3)6-13/h4,12-13H,5-6H2,1-3H3,(H,14,15). The van der Waals surface area contributed by atoms with Crippen molar-refractivity contribution in [2.45, 2.75) is 25.7 Å². The molecule has 1 aromatic heterocycles. The van der Waals surface area contributed by atoms with Gasteiger partial charge in [0.15, 0.2) is 0 Å². The molecule has 1 rings (SSSR count). The Labute approximate surface area is 116 Å². The third-order valence-corrected chi connectivity index (χ3v) is 5.24. The first kappa shape index (κ1) is 16.1. The van der Waals surface area contributed by atoms with Crippen LogP contribution in [0.25, 0.3) is 0 Å². The quantitative estimate of drug-likeness (QED) is 0.729. The molecule has 0 saturated carbocycles. The lowest BCUT2D eigenvalue weighted by Gasteiger charge is -2.21. The molecule has 8 heteroatoms. The molecule has 0 aromatic carbocycles. The van der Waals surface area contributed by atoms with Gasteiger partial charge in [-0.1, -0.05) is 13.8 Å². The largest absolute Gasteiger partial charge is 0.477 e. The van der Waals surface area contributed by atoms with Gasteiger partial charge in [-0.05, 0) is 13.0 Å². The van der Waals surface area contributed by atoms with Crippen LogP contribution >= 0.6 is 11.3 Å². The number of nitrogens with one attached hydrogen (secondary N) is 1. The molecular weight excluding hydrogens is 290 g/mol. The number of carbonyl (C=O) groups is 1. The third-order valence-electron chi connectivity index (χ3n) is 2.54. The van der Waals surface area contributed by atoms with Gasteiger partial charge in [-0.2, -0.15) is 0 Å². The molecule has 0 spiro atoms. The predicted octanol–water partition coefficient (Wildman–Crippen LogP) is 1.05. The predicted molar refractivity (Wildman–Crippen MR) is 72.1 cm³/mol. The lowest BCUT2D eigenvalue weighted by atomic mass is 9.96. The lowest BCUT2D eigenvalue weighted by molar-refractivity contribution is 0.0702. The first-order chi connectivity index (χ1) is 8.59. The van der Waals surface area contributed by atoms with Crippen LogP contribution in [0.4, 0.5) is 0 Å². The van der Waals surface area contributed by atoms with Crippen LogP contribution in [0, 0.1) is 12.3 Å². The maximum Gasteiger partial charge on any atom is 0.345 e. The summed E-state index contributed by atoms with van der Waals surface area (Å²) in [5.74, 6) is -1.15. The van der Waals surface area contributed by atoms with Crippen LogP contribution in [-0.2, 0) is 10.0 Å². The van der Waals surface area contributed by atoms with Gasteiger partial charge in [-0.15, -0.1) is 11.3 Å². The Kier molecular flexibility index (Phi) is 4.72. The van der Waals surface area contributed by atoms with Crippen molar-refractivity contribution in [3.8, 4) is 0 Å². The molecule has 0 unspecified atom stereocenters. The molecule has 0 aliphatic rings. The monoisotopic (exact) mass is 307 g/mol. The van der Waals surface area contributed by atoms with Crippen LogP contribution in [0.3, 0.4) is 0 Å². The summed E-state index contributed by atoms with van der Waals surface area (Å²) < 4.78 is 26.5. The van der Waals surface area contributed by atoms with E-state index in [2.05, 4.69) is 4.72 Å². The summed E-state index contributed by atoms with van der Waals surface area (Å²) in [7, 11) is -3.76. The second-order valence-corrected chi connectivity index (χ2v) is 7.97. The topological polar surface area (TPSA) is 104 Å². The number of hydrogen-bond acceptors (Lipinski definition) is 5. The highest BCUT2D eigenvalue weighted by molar-refractivity contribution is 7.89. The van der Waals surface area contributed by atoms with Gasteiger partial charge in [0.1, 0.15) is 4.88 Å². The van der Waals surface area contributed by atoms with Gasteiger partial charge < -0.3 is 10.2 Å². The molecule has 0 fully saturated rings. The summed E-state index contributed by atoms with van der Waals surface area (Å²) in [6.07, 6.45) is 0. The molecule has 19 heavy (non-hydrogen) atoms. The number of aliphatic hydroxyl groups excluding tert-OH is 1. The van der Waals surface area contributed by atoms with Crippen LogP contribution in [0.15, 0.2) is 11.0 Å². The van der Waals surface area contributed by atoms with E-state index in [1.54, 1.807) is 20.8 Å². The Hall–Kier alpha value is -0.960. The van der Waals surface area contributed by atoms with E-state index in [4.69, 9.17) is 10.2 Å². The molecule has 3 N–H and O–H groups in total. The van der Waals surface area contributed by atoms with E-state index in [0.717, 1.165) is 17.4 Å². The zero-order chi connectivity index (χ0) is 14.8. The van der Waals surface area contributed by atoms with Crippen molar-refractivity contribution in [1.82, 2.24) is 4.72 Å². The molecule has 0 bridgehead atoms. The first-order valence-corrected chi connectivity index (χ1v) is 7.83. The van der Waals surface area contributed by atoms with Crippen LogP contribution in [-0.4, -0.2) is 37.8 Å². The molecule has 108 valence electrons. The van der Waals surface area contributed by atoms with E-state index in [9.17, 15) is 13.2 Å². The molecule has 6 nitrogen and oxygen atoms in total. The van der Waals surface area contributed by atoms with Crippen molar-refractivity contribution in [1.29, 1.82) is 0 Å². The van der Waals surface area contributed by atoms with Gasteiger partial charge in [0.05, 0.1) is 4.90 Å². The minimum absolute atomic E-state index is 0.0145. The van der Waals surface area contributed by atoms with Crippen molar-refractivity contribution in [2.75, 3.05) is 13.2 Å². The van der Waals surface area contributed by atoms with Gasteiger partial charge in [0.25, 0.3) is 0 Å². The number of thiophene rings is 1. The highest BCUT2D eigenvalue weighted by Gasteiger charge is 2.25. The molecule has 0 saturated heterocycles. The van der Waals surface area contributed by atoms with Crippen molar-refractivity contribution in [2.24, 2.45) is 5.41 Å². The van der Waals surface area contributed by atoms with E-state index in [1.807, 2.05) is 0 Å². The van der Waals surface area contributed by atoms with Gasteiger partial charge in [-0.3, -0.25) is 0 Å².